The minimum absolute atomic E-state index is 0.0168. The van der Waals surface area contributed by atoms with Gasteiger partial charge in [0.25, 0.3) is 11.8 Å². The van der Waals surface area contributed by atoms with Gasteiger partial charge in [0.05, 0.1) is 44.1 Å². The van der Waals surface area contributed by atoms with Crippen LogP contribution in [0.1, 0.15) is 81.7 Å². The van der Waals surface area contributed by atoms with Gasteiger partial charge in [0.2, 0.25) is 0 Å². The molecule has 376 valence electrons. The Balaban J connectivity index is 0.00000243. The van der Waals surface area contributed by atoms with E-state index in [2.05, 4.69) is 26.8 Å². The zero-order valence-corrected chi connectivity index (χ0v) is 41.8. The molecule has 6 aromatic carbocycles. The number of carboxylic acid groups (broad SMARTS) is 2. The first-order valence-electron chi connectivity index (χ1n) is 23.0. The monoisotopic (exact) mass is 1050 g/mol. The molecule has 0 bridgehead atoms. The first-order valence-corrected chi connectivity index (χ1v) is 23.7. The molecule has 2 aliphatic heterocycles. The first kappa shape index (κ1) is 52.0. The molecule has 6 aromatic rings. The van der Waals surface area contributed by atoms with E-state index in [0.717, 1.165) is 22.0 Å². The number of anilines is 1. The quantitative estimate of drug-likeness (QED) is 0.0497. The summed E-state index contributed by atoms with van der Waals surface area (Å²) in [5.74, 6) is 0.149. The van der Waals surface area contributed by atoms with Crippen molar-refractivity contribution in [1.29, 1.82) is 0 Å². The number of aromatic hydroxyl groups is 1. The largest absolute Gasteiger partial charge is 0.507 e. The first-order chi connectivity index (χ1) is 36.0. The summed E-state index contributed by atoms with van der Waals surface area (Å²) in [7, 11) is 1.73. The number of amides is 2. The SMILES string of the molecule is CCNc1cc2c(cc1C)C(c1c(Cl)cc(C(=O)NCc3ccc(C(=O)NCc4c(O)ccc5c(-c6ccccc6C(=O)O)c6ccc(=O)cc-6oc45)cc3)c(Cl)c1C(=O)O)=c1cc(C)c(=C=[NH+]C)cc1O2.O=C=O. The molecule has 0 saturated carbocycles. The highest BCUT2D eigenvalue weighted by atomic mass is 35.5. The van der Waals surface area contributed by atoms with Gasteiger partial charge >= 0.3 is 18.1 Å². The Bertz CT molecular complexity index is 3930. The normalized spacial score (nSPS) is 11.2. The van der Waals surface area contributed by atoms with E-state index in [0.29, 0.717) is 62.0 Å². The van der Waals surface area contributed by atoms with Gasteiger partial charge in [-0.3, -0.25) is 14.4 Å². The fraction of sp³-hybridized carbons (Fsp3) is 0.123. The van der Waals surface area contributed by atoms with Gasteiger partial charge in [0.1, 0.15) is 35.6 Å². The van der Waals surface area contributed by atoms with Crippen LogP contribution in [-0.4, -0.2) is 64.7 Å². The van der Waals surface area contributed by atoms with Crippen LogP contribution in [-0.2, 0) is 22.7 Å². The van der Waals surface area contributed by atoms with Crippen molar-refractivity contribution in [2.45, 2.75) is 33.9 Å². The molecule has 2 amide bonds. The van der Waals surface area contributed by atoms with E-state index in [1.165, 1.54) is 30.3 Å². The number of aromatic carboxylic acids is 2. The smallest absolute Gasteiger partial charge is 0.373 e. The number of aryl methyl sites for hydroxylation is 2. The Morgan fingerprint density at radius 1 is 0.733 bits per heavy atom. The Kier molecular flexibility index (Phi) is 15.1. The lowest BCUT2D eigenvalue weighted by Crippen LogP contribution is -2.62. The van der Waals surface area contributed by atoms with Gasteiger partial charge in [0, 0.05) is 81.0 Å². The van der Waals surface area contributed by atoms with Crippen LogP contribution < -0.4 is 41.5 Å². The Morgan fingerprint density at radius 3 is 2.15 bits per heavy atom. The lowest BCUT2D eigenvalue weighted by molar-refractivity contribution is -0.411. The Labute approximate surface area is 436 Å². The molecule has 0 spiro atoms. The number of nitrogens with one attached hydrogen (secondary N) is 4. The van der Waals surface area contributed by atoms with Gasteiger partial charge in [-0.15, -0.1) is 0 Å². The number of phenolic OH excluding ortho intramolecular Hbond substituents is 1. The molecular formula is C57H43Cl2N4O12+. The van der Waals surface area contributed by atoms with Crippen LogP contribution in [0.2, 0.25) is 10.0 Å². The van der Waals surface area contributed by atoms with Crippen LogP contribution >= 0.6 is 23.2 Å². The van der Waals surface area contributed by atoms with Crippen molar-refractivity contribution < 1.29 is 58.2 Å². The zero-order valence-electron chi connectivity index (χ0n) is 40.3. The van der Waals surface area contributed by atoms with E-state index < -0.39 is 23.8 Å². The number of carbonyl (C=O) groups is 4. The predicted molar refractivity (Wildman–Crippen MR) is 279 cm³/mol. The van der Waals surface area contributed by atoms with Crippen LogP contribution in [0.3, 0.4) is 0 Å². The molecule has 1 aliphatic carbocycles. The zero-order chi connectivity index (χ0) is 53.8. The number of carbonyl (C=O) groups excluding carboxylic acids is 4. The van der Waals surface area contributed by atoms with Gasteiger partial charge in [-0.05, 0) is 104 Å². The average molecular weight is 1050 g/mol. The highest BCUT2D eigenvalue weighted by molar-refractivity contribution is 6.40. The maximum atomic E-state index is 13.9. The molecule has 18 heteroatoms. The van der Waals surface area contributed by atoms with Crippen molar-refractivity contribution in [2.75, 3.05) is 18.9 Å². The molecule has 0 aromatic heterocycles. The molecule has 9 rings (SSSR count). The van der Waals surface area contributed by atoms with Crippen molar-refractivity contribution in [3.63, 3.8) is 0 Å². The number of rotatable bonds is 12. The van der Waals surface area contributed by atoms with E-state index in [1.807, 2.05) is 39.0 Å². The molecule has 0 fully saturated rings. The second-order valence-corrected chi connectivity index (χ2v) is 17.8. The Morgan fingerprint density at radius 2 is 1.45 bits per heavy atom. The van der Waals surface area contributed by atoms with Crippen molar-refractivity contribution in [2.24, 2.45) is 0 Å². The molecule has 0 atom stereocenters. The van der Waals surface area contributed by atoms with Crippen LogP contribution in [0.15, 0.2) is 118 Å². The van der Waals surface area contributed by atoms with Gasteiger partial charge < -0.3 is 40.4 Å². The molecule has 2 heterocycles. The van der Waals surface area contributed by atoms with Gasteiger partial charge in [-0.25, -0.2) is 14.6 Å². The fourth-order valence-corrected chi connectivity index (χ4v) is 9.62. The molecule has 0 radical (unpaired) electrons. The second kappa shape index (κ2) is 21.8. The van der Waals surface area contributed by atoms with Gasteiger partial charge in [-0.1, -0.05) is 53.5 Å². The number of carboxylic acids is 2. The number of ether oxygens (including phenoxy) is 1. The molecule has 0 saturated heterocycles. The standard InChI is InChI=1S/C56H42Cl2N4O10.CO2/c1-5-60-42-23-46-38(19-28(42)3)48(37-18-27(2)31(25-59-4)20-44(37)71-46)49-41(57)22-39(51(58)50(49)56(69)70)54(66)61-24-29-10-12-30(13-11-29)53(65)62-26-40-43(64)17-16-36-47(33-8-6-7-9-34(33)55(67)68)35-15-14-32(63)21-45(35)72-52(36)40;2-1-3/h6-23,60,64H,5,24,26H2,1-4H3,(H,61,66)(H,62,65)(H,67,68)(H,69,70);/p+1. The van der Waals surface area contributed by atoms with Crippen molar-refractivity contribution in [1.82, 2.24) is 10.6 Å². The van der Waals surface area contributed by atoms with E-state index in [1.54, 1.807) is 67.7 Å². The molecule has 7 N–H and O–H groups in total. The van der Waals surface area contributed by atoms with E-state index in [4.69, 9.17) is 41.9 Å². The lowest BCUT2D eigenvalue weighted by Gasteiger charge is -2.25. The fourth-order valence-electron chi connectivity index (χ4n) is 9.01. The third-order valence-corrected chi connectivity index (χ3v) is 13.1. The van der Waals surface area contributed by atoms with E-state index in [9.17, 15) is 39.3 Å². The van der Waals surface area contributed by atoms with Gasteiger partial charge in [0.15, 0.2) is 11.3 Å². The van der Waals surface area contributed by atoms with Crippen molar-refractivity contribution >= 4 is 81.2 Å². The van der Waals surface area contributed by atoms with E-state index in [-0.39, 0.29) is 85.2 Å². The van der Waals surface area contributed by atoms with Crippen molar-refractivity contribution in [3.05, 3.63) is 196 Å². The molecular weight excluding hydrogens is 1000 g/mol. The summed E-state index contributed by atoms with van der Waals surface area (Å²) in [4.78, 5) is 84.6. The third kappa shape index (κ3) is 10.2. The summed E-state index contributed by atoms with van der Waals surface area (Å²) >= 11 is 14.0. The summed E-state index contributed by atoms with van der Waals surface area (Å²) in [6.45, 7) is 6.19. The Hall–Kier alpha value is -9.30. The highest BCUT2D eigenvalue weighted by Gasteiger charge is 2.32. The van der Waals surface area contributed by atoms with Gasteiger partial charge in [-0.2, -0.15) is 9.59 Å². The molecule has 16 nitrogen and oxygen atoms in total. The molecule has 75 heavy (non-hydrogen) atoms. The van der Waals surface area contributed by atoms with Crippen LogP contribution in [0, 0.1) is 13.8 Å². The van der Waals surface area contributed by atoms with E-state index >= 15 is 0 Å². The topological polar surface area (TPSA) is 253 Å². The predicted octanol–water partition coefficient (Wildman–Crippen LogP) is 6.70. The summed E-state index contributed by atoms with van der Waals surface area (Å²) in [6.07, 6.45) is 0.250. The second-order valence-electron chi connectivity index (χ2n) is 17.1. The van der Waals surface area contributed by atoms with Crippen LogP contribution in [0.25, 0.3) is 39.0 Å². The minimum atomic E-state index is -1.41. The molecule has 0 unspecified atom stereocenters. The number of halogens is 2. The number of hydrogen-bond donors (Lipinski definition) is 7. The number of phenols is 1. The average Bonchev–Trinajstić information content (AvgIpc) is 3.38. The number of fused-ring (bicyclic) bond motifs is 4. The maximum Gasteiger partial charge on any atom is 0.373 e. The third-order valence-electron chi connectivity index (χ3n) is 12.4. The maximum absolute atomic E-state index is 13.9. The highest BCUT2D eigenvalue weighted by Crippen LogP contribution is 2.46. The molecule has 3 aliphatic rings. The summed E-state index contributed by atoms with van der Waals surface area (Å²) in [5, 5.41) is 42.2. The number of benzene rings is 7. The van der Waals surface area contributed by atoms with Crippen molar-refractivity contribution in [3.8, 4) is 39.7 Å². The van der Waals surface area contributed by atoms with Crippen LogP contribution in [0.4, 0.5) is 5.69 Å². The summed E-state index contributed by atoms with van der Waals surface area (Å²) in [5.41, 5.74) is 5.27. The number of hydrogen-bond acceptors (Lipinski definition) is 11. The lowest BCUT2D eigenvalue weighted by atomic mass is 9.87. The summed E-state index contributed by atoms with van der Waals surface area (Å²) < 4.78 is 12.7. The van der Waals surface area contributed by atoms with Crippen LogP contribution in [0.5, 0.6) is 17.2 Å². The summed E-state index contributed by atoms with van der Waals surface area (Å²) in [6, 6.07) is 28.7. The minimum Gasteiger partial charge on any atom is -0.507 e.